The highest BCUT2D eigenvalue weighted by Crippen LogP contribution is 2.16. The maximum absolute atomic E-state index is 11.7. The Balaban J connectivity index is 1.73. The Hall–Kier alpha value is -1.07. The number of rotatable bonds is 4. The van der Waals surface area contributed by atoms with Crippen LogP contribution < -0.4 is 4.74 Å². The summed E-state index contributed by atoms with van der Waals surface area (Å²) in [6.07, 6.45) is 2.01. The van der Waals surface area contributed by atoms with Gasteiger partial charge in [-0.05, 0) is 50.7 Å². The van der Waals surface area contributed by atoms with Gasteiger partial charge >= 0.3 is 5.97 Å². The Morgan fingerprint density at radius 1 is 1.42 bits per heavy atom. The van der Waals surface area contributed by atoms with Crippen molar-refractivity contribution in [2.75, 3.05) is 26.7 Å². The molecule has 1 aromatic rings. The number of carbonyl (C=O) groups excluding carboxylic acids is 1. The SMILES string of the molecule is CN1CCC[C@H](OC(=O)COc2ccc(Br)cc2)C1. The van der Waals surface area contributed by atoms with Crippen LogP contribution in [0.25, 0.3) is 0 Å². The first-order chi connectivity index (χ1) is 9.13. The van der Waals surface area contributed by atoms with Crippen molar-refractivity contribution in [1.82, 2.24) is 4.90 Å². The van der Waals surface area contributed by atoms with Crippen LogP contribution in [0.2, 0.25) is 0 Å². The molecule has 1 heterocycles. The quantitative estimate of drug-likeness (QED) is 0.796. The summed E-state index contributed by atoms with van der Waals surface area (Å²) >= 11 is 3.35. The Morgan fingerprint density at radius 2 is 2.16 bits per heavy atom. The molecular formula is C14H18BrNO3. The lowest BCUT2D eigenvalue weighted by Crippen LogP contribution is -2.38. The minimum absolute atomic E-state index is 0.000215. The molecule has 1 saturated heterocycles. The fourth-order valence-corrected chi connectivity index (χ4v) is 2.37. The zero-order valence-corrected chi connectivity index (χ0v) is 12.6. The smallest absolute Gasteiger partial charge is 0.344 e. The van der Waals surface area contributed by atoms with Crippen LogP contribution in [-0.2, 0) is 9.53 Å². The third-order valence-electron chi connectivity index (χ3n) is 3.05. The number of nitrogens with zero attached hydrogens (tertiary/aromatic N) is 1. The van der Waals surface area contributed by atoms with Gasteiger partial charge in [0.05, 0.1) is 0 Å². The number of ether oxygens (including phenoxy) is 2. The lowest BCUT2D eigenvalue weighted by molar-refractivity contribution is -0.153. The number of hydrogen-bond acceptors (Lipinski definition) is 4. The van der Waals surface area contributed by atoms with E-state index in [0.29, 0.717) is 5.75 Å². The minimum atomic E-state index is -0.303. The molecule has 1 aromatic carbocycles. The summed E-state index contributed by atoms with van der Waals surface area (Å²) in [5.41, 5.74) is 0. The van der Waals surface area contributed by atoms with E-state index in [0.717, 1.165) is 30.4 Å². The van der Waals surface area contributed by atoms with Crippen LogP contribution in [0.3, 0.4) is 0 Å². The van der Waals surface area contributed by atoms with Crippen LogP contribution in [0, 0.1) is 0 Å². The van der Waals surface area contributed by atoms with Crippen molar-refractivity contribution in [2.45, 2.75) is 18.9 Å². The van der Waals surface area contributed by atoms with Gasteiger partial charge in [0.1, 0.15) is 11.9 Å². The Labute approximate surface area is 121 Å². The molecule has 1 aliphatic heterocycles. The van der Waals surface area contributed by atoms with Gasteiger partial charge in [-0.25, -0.2) is 4.79 Å². The van der Waals surface area contributed by atoms with E-state index in [1.807, 2.05) is 31.3 Å². The molecule has 4 nitrogen and oxygen atoms in total. The van der Waals surface area contributed by atoms with Crippen molar-refractivity contribution in [3.05, 3.63) is 28.7 Å². The molecule has 0 amide bonds. The molecule has 0 spiro atoms. The van der Waals surface area contributed by atoms with E-state index < -0.39 is 0 Å². The first kappa shape index (κ1) is 14.3. The molecule has 104 valence electrons. The molecule has 19 heavy (non-hydrogen) atoms. The summed E-state index contributed by atoms with van der Waals surface area (Å²) in [7, 11) is 2.04. The Kier molecular flexibility index (Phi) is 5.22. The standard InChI is InChI=1S/C14H18BrNO3/c1-16-8-2-3-13(9-16)19-14(17)10-18-12-6-4-11(15)5-7-12/h4-7,13H,2-3,8-10H2,1H3/t13-/m0/s1. The molecule has 5 heteroatoms. The molecule has 0 N–H and O–H groups in total. The van der Waals surface area contributed by atoms with Crippen molar-refractivity contribution in [3.63, 3.8) is 0 Å². The van der Waals surface area contributed by atoms with Crippen LogP contribution in [0.15, 0.2) is 28.7 Å². The van der Waals surface area contributed by atoms with E-state index in [1.54, 1.807) is 0 Å². The molecule has 0 saturated carbocycles. The van der Waals surface area contributed by atoms with E-state index in [-0.39, 0.29) is 18.7 Å². The van der Waals surface area contributed by atoms with Gasteiger partial charge < -0.3 is 14.4 Å². The number of likely N-dealkylation sites (tertiary alicyclic amines) is 1. The van der Waals surface area contributed by atoms with Crippen molar-refractivity contribution in [1.29, 1.82) is 0 Å². The second-order valence-electron chi connectivity index (χ2n) is 4.76. The number of benzene rings is 1. The third-order valence-corrected chi connectivity index (χ3v) is 3.58. The van der Waals surface area contributed by atoms with Crippen LogP contribution in [0.1, 0.15) is 12.8 Å². The second kappa shape index (κ2) is 6.91. The second-order valence-corrected chi connectivity index (χ2v) is 5.67. The molecule has 0 unspecified atom stereocenters. The molecule has 1 fully saturated rings. The third kappa shape index (κ3) is 4.84. The van der Waals surface area contributed by atoms with E-state index in [1.165, 1.54) is 0 Å². The van der Waals surface area contributed by atoms with Crippen molar-refractivity contribution < 1.29 is 14.3 Å². The summed E-state index contributed by atoms with van der Waals surface area (Å²) in [5, 5.41) is 0. The first-order valence-electron chi connectivity index (χ1n) is 6.40. The minimum Gasteiger partial charge on any atom is -0.482 e. The number of piperidine rings is 1. The van der Waals surface area contributed by atoms with Gasteiger partial charge in [-0.2, -0.15) is 0 Å². The van der Waals surface area contributed by atoms with Gasteiger partial charge in [-0.3, -0.25) is 0 Å². The monoisotopic (exact) mass is 327 g/mol. The van der Waals surface area contributed by atoms with Crippen LogP contribution in [-0.4, -0.2) is 43.7 Å². The average Bonchev–Trinajstić information content (AvgIpc) is 2.38. The Morgan fingerprint density at radius 3 is 2.84 bits per heavy atom. The molecular weight excluding hydrogens is 310 g/mol. The zero-order chi connectivity index (χ0) is 13.7. The Bertz CT molecular complexity index is 421. The number of halogens is 1. The molecule has 0 radical (unpaired) electrons. The highest BCUT2D eigenvalue weighted by molar-refractivity contribution is 9.10. The summed E-state index contributed by atoms with van der Waals surface area (Å²) in [6.45, 7) is 1.84. The summed E-state index contributed by atoms with van der Waals surface area (Å²) < 4.78 is 11.8. The van der Waals surface area contributed by atoms with Gasteiger partial charge in [-0.15, -0.1) is 0 Å². The average molecular weight is 328 g/mol. The number of hydrogen-bond donors (Lipinski definition) is 0. The summed E-state index contributed by atoms with van der Waals surface area (Å²) in [5.74, 6) is 0.365. The molecule has 0 aliphatic carbocycles. The summed E-state index contributed by atoms with van der Waals surface area (Å²) in [6, 6.07) is 7.37. The molecule has 1 atom stereocenters. The van der Waals surface area contributed by atoms with E-state index in [2.05, 4.69) is 20.8 Å². The molecule has 0 bridgehead atoms. The number of carbonyl (C=O) groups is 1. The first-order valence-corrected chi connectivity index (χ1v) is 7.19. The predicted molar refractivity (Wildman–Crippen MR) is 76.2 cm³/mol. The predicted octanol–water partition coefficient (Wildman–Crippen LogP) is 2.47. The topological polar surface area (TPSA) is 38.8 Å². The normalized spacial score (nSPS) is 20.0. The number of likely N-dealkylation sites (N-methyl/N-ethyl adjacent to an activating group) is 1. The maximum atomic E-state index is 11.7. The van der Waals surface area contributed by atoms with Crippen molar-refractivity contribution in [3.8, 4) is 5.75 Å². The van der Waals surface area contributed by atoms with E-state index in [4.69, 9.17) is 9.47 Å². The van der Waals surface area contributed by atoms with E-state index >= 15 is 0 Å². The largest absolute Gasteiger partial charge is 0.482 e. The number of esters is 1. The fourth-order valence-electron chi connectivity index (χ4n) is 2.11. The van der Waals surface area contributed by atoms with Gasteiger partial charge in [0.2, 0.25) is 0 Å². The van der Waals surface area contributed by atoms with Crippen LogP contribution >= 0.6 is 15.9 Å². The van der Waals surface area contributed by atoms with Gasteiger partial charge in [0, 0.05) is 11.0 Å². The van der Waals surface area contributed by atoms with Crippen LogP contribution in [0.5, 0.6) is 5.75 Å². The molecule has 2 rings (SSSR count). The summed E-state index contributed by atoms with van der Waals surface area (Å²) in [4.78, 5) is 13.9. The van der Waals surface area contributed by atoms with Crippen molar-refractivity contribution >= 4 is 21.9 Å². The van der Waals surface area contributed by atoms with Crippen LogP contribution in [0.4, 0.5) is 0 Å². The van der Waals surface area contributed by atoms with Gasteiger partial charge in [-0.1, -0.05) is 15.9 Å². The van der Waals surface area contributed by atoms with Gasteiger partial charge in [0.25, 0.3) is 0 Å². The highest BCUT2D eigenvalue weighted by atomic mass is 79.9. The lowest BCUT2D eigenvalue weighted by atomic mass is 10.1. The molecule has 0 aromatic heterocycles. The fraction of sp³-hybridized carbons (Fsp3) is 0.500. The van der Waals surface area contributed by atoms with E-state index in [9.17, 15) is 4.79 Å². The maximum Gasteiger partial charge on any atom is 0.344 e. The van der Waals surface area contributed by atoms with Gasteiger partial charge in [0.15, 0.2) is 6.61 Å². The molecule has 1 aliphatic rings. The highest BCUT2D eigenvalue weighted by Gasteiger charge is 2.20. The van der Waals surface area contributed by atoms with Crippen molar-refractivity contribution in [2.24, 2.45) is 0 Å². The zero-order valence-electron chi connectivity index (χ0n) is 11.0. The lowest BCUT2D eigenvalue weighted by Gasteiger charge is -2.29.